The van der Waals surface area contributed by atoms with E-state index in [0.29, 0.717) is 19.0 Å². The van der Waals surface area contributed by atoms with Crippen molar-refractivity contribution < 1.29 is 17.4 Å². The molecule has 0 atom stereocenters. The van der Waals surface area contributed by atoms with Crippen molar-refractivity contribution in [1.82, 2.24) is 10.1 Å². The molecule has 0 bridgehead atoms. The summed E-state index contributed by atoms with van der Waals surface area (Å²) in [4.78, 5) is 6.17. The molecule has 0 aliphatic heterocycles. The number of rotatable bonds is 7. The van der Waals surface area contributed by atoms with Crippen molar-refractivity contribution >= 4 is 15.5 Å². The van der Waals surface area contributed by atoms with Crippen molar-refractivity contribution in [3.05, 3.63) is 66.2 Å². The number of hydrogen-bond donors (Lipinski definition) is 0. The Morgan fingerprint density at radius 3 is 2.54 bits per heavy atom. The first-order chi connectivity index (χ1) is 11.5. The van der Waals surface area contributed by atoms with Crippen LogP contribution in [0.4, 0.5) is 5.69 Å². The van der Waals surface area contributed by atoms with E-state index in [9.17, 15) is 8.42 Å². The number of para-hydroxylation sites is 1. The first-order valence-electron chi connectivity index (χ1n) is 7.31. The van der Waals surface area contributed by atoms with E-state index in [1.807, 2.05) is 47.4 Å². The van der Waals surface area contributed by atoms with Gasteiger partial charge in [0, 0.05) is 11.9 Å². The van der Waals surface area contributed by atoms with Gasteiger partial charge in [-0.05, 0) is 24.3 Å². The molecule has 24 heavy (non-hydrogen) atoms. The van der Waals surface area contributed by atoms with E-state index in [-0.39, 0.29) is 11.6 Å². The van der Waals surface area contributed by atoms with Crippen LogP contribution < -0.4 is 4.90 Å². The quantitative estimate of drug-likeness (QED) is 0.648. The molecule has 0 spiro atoms. The maximum absolute atomic E-state index is 11.3. The van der Waals surface area contributed by atoms with Crippen LogP contribution in [0, 0.1) is 0 Å². The lowest BCUT2D eigenvalue weighted by Crippen LogP contribution is -2.22. The molecule has 7 nitrogen and oxygen atoms in total. The Balaban J connectivity index is 1.79. The van der Waals surface area contributed by atoms with Gasteiger partial charge in [-0.2, -0.15) is 4.98 Å². The average molecular weight is 347 g/mol. The lowest BCUT2D eigenvalue weighted by atomic mass is 10.2. The summed E-state index contributed by atoms with van der Waals surface area (Å²) in [5.74, 6) is 1.08. The van der Waals surface area contributed by atoms with E-state index in [1.54, 1.807) is 6.26 Å². The monoisotopic (exact) mass is 347 g/mol. The van der Waals surface area contributed by atoms with Gasteiger partial charge in [0.1, 0.15) is 11.5 Å². The average Bonchev–Trinajstić information content (AvgIpc) is 3.18. The van der Waals surface area contributed by atoms with Crippen LogP contribution in [-0.2, 0) is 28.7 Å². The first-order valence-corrected chi connectivity index (χ1v) is 9.37. The summed E-state index contributed by atoms with van der Waals surface area (Å²) in [7, 11) is -3.20. The van der Waals surface area contributed by atoms with Gasteiger partial charge < -0.3 is 13.8 Å². The second kappa shape index (κ2) is 6.88. The highest BCUT2D eigenvalue weighted by molar-refractivity contribution is 7.89. The van der Waals surface area contributed by atoms with Gasteiger partial charge in [0.05, 0.1) is 19.4 Å². The number of sulfone groups is 1. The largest absolute Gasteiger partial charge is 0.467 e. The molecule has 0 saturated heterocycles. The Morgan fingerprint density at radius 1 is 1.08 bits per heavy atom. The van der Waals surface area contributed by atoms with E-state index in [4.69, 9.17) is 8.94 Å². The minimum atomic E-state index is -3.20. The molecule has 0 unspecified atom stereocenters. The Bertz CT molecular complexity index is 873. The maximum atomic E-state index is 11.3. The van der Waals surface area contributed by atoms with Crippen LogP contribution in [0.15, 0.2) is 57.7 Å². The van der Waals surface area contributed by atoms with Gasteiger partial charge in [0.15, 0.2) is 15.7 Å². The minimum absolute atomic E-state index is 0.165. The predicted molar refractivity (Wildman–Crippen MR) is 87.9 cm³/mol. The molecule has 8 heteroatoms. The van der Waals surface area contributed by atoms with Crippen LogP contribution in [0.1, 0.15) is 17.5 Å². The number of hydrogen-bond acceptors (Lipinski definition) is 7. The van der Waals surface area contributed by atoms with Gasteiger partial charge >= 0.3 is 0 Å². The topological polar surface area (TPSA) is 89.4 Å². The molecule has 0 saturated carbocycles. The summed E-state index contributed by atoms with van der Waals surface area (Å²) >= 11 is 0. The van der Waals surface area contributed by atoms with Crippen molar-refractivity contribution in [2.45, 2.75) is 18.8 Å². The first kappa shape index (κ1) is 16.3. The van der Waals surface area contributed by atoms with E-state index in [1.165, 1.54) is 0 Å². The smallest absolute Gasteiger partial charge is 0.246 e. The van der Waals surface area contributed by atoms with Gasteiger partial charge in [-0.3, -0.25) is 0 Å². The van der Waals surface area contributed by atoms with Gasteiger partial charge in [0.2, 0.25) is 5.89 Å². The Hall–Kier alpha value is -2.61. The number of anilines is 1. The molecule has 1 aromatic carbocycles. The number of nitrogens with zero attached hydrogens (tertiary/aromatic N) is 3. The van der Waals surface area contributed by atoms with E-state index in [2.05, 4.69) is 10.1 Å². The minimum Gasteiger partial charge on any atom is -0.467 e. The lowest BCUT2D eigenvalue weighted by Gasteiger charge is -2.21. The van der Waals surface area contributed by atoms with Crippen molar-refractivity contribution in [3.63, 3.8) is 0 Å². The van der Waals surface area contributed by atoms with Crippen LogP contribution in [0.5, 0.6) is 0 Å². The molecule has 0 aliphatic carbocycles. The summed E-state index contributed by atoms with van der Waals surface area (Å²) in [5.41, 5.74) is 0.969. The Morgan fingerprint density at radius 2 is 1.88 bits per heavy atom. The fraction of sp³-hybridized carbons (Fsp3) is 0.250. The predicted octanol–water partition coefficient (Wildman–Crippen LogP) is 2.41. The molecule has 2 heterocycles. The number of benzene rings is 1. The molecule has 0 fully saturated rings. The maximum Gasteiger partial charge on any atom is 0.246 e. The third-order valence-electron chi connectivity index (χ3n) is 3.28. The highest BCUT2D eigenvalue weighted by atomic mass is 32.2. The highest BCUT2D eigenvalue weighted by Gasteiger charge is 2.16. The second-order valence-corrected chi connectivity index (χ2v) is 7.59. The van der Waals surface area contributed by atoms with Crippen LogP contribution in [0.25, 0.3) is 0 Å². The number of aromatic nitrogens is 2. The fourth-order valence-corrected chi connectivity index (χ4v) is 2.86. The zero-order chi connectivity index (χ0) is 17.0. The Labute approximate surface area is 139 Å². The molecule has 0 aliphatic rings. The standard InChI is InChI=1S/C16H17N3O4S/c1-24(20,21)12-15-17-16(23-18-15)11-19(10-14-8-5-9-22-14)13-6-3-2-4-7-13/h2-9H,10-12H2,1H3. The zero-order valence-corrected chi connectivity index (χ0v) is 13.9. The molecular formula is C16H17N3O4S. The van der Waals surface area contributed by atoms with E-state index >= 15 is 0 Å². The molecule has 0 radical (unpaired) electrons. The van der Waals surface area contributed by atoms with E-state index < -0.39 is 9.84 Å². The third kappa shape index (κ3) is 4.45. The molecule has 0 N–H and O–H groups in total. The van der Waals surface area contributed by atoms with Gasteiger partial charge in [-0.15, -0.1) is 0 Å². The van der Waals surface area contributed by atoms with Gasteiger partial charge in [0.25, 0.3) is 0 Å². The molecule has 126 valence electrons. The molecule has 2 aromatic heterocycles. The zero-order valence-electron chi connectivity index (χ0n) is 13.1. The van der Waals surface area contributed by atoms with Crippen molar-refractivity contribution in [2.75, 3.05) is 11.2 Å². The van der Waals surface area contributed by atoms with Gasteiger partial charge in [-0.1, -0.05) is 23.4 Å². The SMILES string of the molecule is CS(=O)(=O)Cc1noc(CN(Cc2ccco2)c2ccccc2)n1. The summed E-state index contributed by atoms with van der Waals surface area (Å²) < 4.78 is 33.2. The van der Waals surface area contributed by atoms with Crippen LogP contribution in [0.3, 0.4) is 0 Å². The second-order valence-electron chi connectivity index (χ2n) is 5.45. The lowest BCUT2D eigenvalue weighted by molar-refractivity contribution is 0.369. The van der Waals surface area contributed by atoms with Crippen LogP contribution >= 0.6 is 0 Å². The summed E-state index contributed by atoms with van der Waals surface area (Å²) in [5, 5.41) is 3.73. The van der Waals surface area contributed by atoms with Crippen LogP contribution in [0.2, 0.25) is 0 Å². The number of furan rings is 1. The van der Waals surface area contributed by atoms with Crippen molar-refractivity contribution in [1.29, 1.82) is 0 Å². The van der Waals surface area contributed by atoms with E-state index in [0.717, 1.165) is 17.7 Å². The summed E-state index contributed by atoms with van der Waals surface area (Å²) in [6.07, 6.45) is 2.76. The van der Waals surface area contributed by atoms with Crippen molar-refractivity contribution in [2.24, 2.45) is 0 Å². The summed E-state index contributed by atoms with van der Waals surface area (Å²) in [6.45, 7) is 0.877. The third-order valence-corrected chi connectivity index (χ3v) is 4.06. The normalized spacial score (nSPS) is 11.5. The molecular weight excluding hydrogens is 330 g/mol. The molecule has 3 aromatic rings. The fourth-order valence-electron chi connectivity index (χ4n) is 2.28. The van der Waals surface area contributed by atoms with Gasteiger partial charge in [-0.25, -0.2) is 8.42 Å². The molecule has 3 rings (SSSR count). The Kier molecular flexibility index (Phi) is 4.66. The van der Waals surface area contributed by atoms with Crippen LogP contribution in [-0.4, -0.2) is 24.8 Å². The highest BCUT2D eigenvalue weighted by Crippen LogP contribution is 2.19. The summed E-state index contributed by atoms with van der Waals surface area (Å²) in [6, 6.07) is 13.5. The molecule has 0 amide bonds. The van der Waals surface area contributed by atoms with Crippen molar-refractivity contribution in [3.8, 4) is 0 Å².